The number of amides is 1. The average molecular weight is 332 g/mol. The molecule has 1 aliphatic heterocycles. The van der Waals surface area contributed by atoms with E-state index >= 15 is 0 Å². The van der Waals surface area contributed by atoms with Gasteiger partial charge in [-0.05, 0) is 50.2 Å². The van der Waals surface area contributed by atoms with Crippen LogP contribution in [0.5, 0.6) is 0 Å². The SMILES string of the molecule is O=C(CN1CCCC1)NN=Cc1ccc(-c2cccc(Cl)c2)o1. The van der Waals surface area contributed by atoms with Crippen LogP contribution in [0.25, 0.3) is 11.3 Å². The molecule has 0 spiro atoms. The van der Waals surface area contributed by atoms with E-state index in [2.05, 4.69) is 15.4 Å². The fraction of sp³-hybridized carbons (Fsp3) is 0.294. The van der Waals surface area contributed by atoms with Gasteiger partial charge in [0.05, 0.1) is 12.8 Å². The van der Waals surface area contributed by atoms with Gasteiger partial charge in [-0.2, -0.15) is 5.10 Å². The summed E-state index contributed by atoms with van der Waals surface area (Å²) in [5.74, 6) is 1.17. The number of hydrazone groups is 1. The van der Waals surface area contributed by atoms with E-state index in [0.29, 0.717) is 23.1 Å². The molecular weight excluding hydrogens is 314 g/mol. The molecule has 1 fully saturated rings. The maximum Gasteiger partial charge on any atom is 0.254 e. The van der Waals surface area contributed by atoms with Gasteiger partial charge in [0.1, 0.15) is 11.5 Å². The molecule has 1 N–H and O–H groups in total. The Hall–Kier alpha value is -2.11. The molecule has 1 aromatic carbocycles. The van der Waals surface area contributed by atoms with Gasteiger partial charge in [-0.1, -0.05) is 23.7 Å². The molecule has 2 heterocycles. The molecule has 2 aromatic rings. The molecule has 1 saturated heterocycles. The van der Waals surface area contributed by atoms with Gasteiger partial charge in [0.15, 0.2) is 0 Å². The molecule has 1 amide bonds. The average Bonchev–Trinajstić information content (AvgIpc) is 3.19. The lowest BCUT2D eigenvalue weighted by atomic mass is 10.2. The summed E-state index contributed by atoms with van der Waals surface area (Å²) in [6, 6.07) is 11.1. The highest BCUT2D eigenvalue weighted by Crippen LogP contribution is 2.24. The van der Waals surface area contributed by atoms with E-state index in [1.165, 1.54) is 6.21 Å². The first-order valence-corrected chi connectivity index (χ1v) is 7.98. The number of carbonyl (C=O) groups is 1. The molecule has 0 unspecified atom stereocenters. The van der Waals surface area contributed by atoms with E-state index < -0.39 is 0 Å². The highest BCUT2D eigenvalue weighted by atomic mass is 35.5. The van der Waals surface area contributed by atoms with Crippen LogP contribution in [0.15, 0.2) is 45.9 Å². The lowest BCUT2D eigenvalue weighted by molar-refractivity contribution is -0.121. The van der Waals surface area contributed by atoms with Gasteiger partial charge < -0.3 is 4.42 Å². The van der Waals surface area contributed by atoms with Crippen molar-refractivity contribution in [1.82, 2.24) is 10.3 Å². The van der Waals surface area contributed by atoms with Crippen molar-refractivity contribution in [3.8, 4) is 11.3 Å². The van der Waals surface area contributed by atoms with Crippen molar-refractivity contribution in [2.45, 2.75) is 12.8 Å². The van der Waals surface area contributed by atoms with E-state index in [-0.39, 0.29) is 5.91 Å². The number of furan rings is 1. The van der Waals surface area contributed by atoms with Gasteiger partial charge in [-0.3, -0.25) is 9.69 Å². The molecule has 23 heavy (non-hydrogen) atoms. The number of hydrogen-bond donors (Lipinski definition) is 1. The number of likely N-dealkylation sites (tertiary alicyclic amines) is 1. The summed E-state index contributed by atoms with van der Waals surface area (Å²) < 4.78 is 5.67. The molecule has 1 aliphatic rings. The van der Waals surface area contributed by atoms with Crippen LogP contribution in [-0.2, 0) is 4.79 Å². The Morgan fingerprint density at radius 3 is 2.91 bits per heavy atom. The molecule has 0 saturated carbocycles. The lowest BCUT2D eigenvalue weighted by Gasteiger charge is -2.11. The summed E-state index contributed by atoms with van der Waals surface area (Å²) in [4.78, 5) is 13.9. The Kier molecular flexibility index (Phi) is 5.10. The van der Waals surface area contributed by atoms with Crippen LogP contribution in [0.2, 0.25) is 5.02 Å². The second-order valence-electron chi connectivity index (χ2n) is 5.49. The second-order valence-corrected chi connectivity index (χ2v) is 5.93. The smallest absolute Gasteiger partial charge is 0.254 e. The number of benzene rings is 1. The minimum Gasteiger partial charge on any atom is -0.455 e. The Balaban J connectivity index is 1.55. The molecule has 0 bridgehead atoms. The lowest BCUT2D eigenvalue weighted by Crippen LogP contribution is -2.33. The topological polar surface area (TPSA) is 57.8 Å². The predicted molar refractivity (Wildman–Crippen MR) is 90.6 cm³/mol. The third-order valence-electron chi connectivity index (χ3n) is 3.68. The number of hydrogen-bond acceptors (Lipinski definition) is 4. The Labute approximate surface area is 139 Å². The normalized spacial score (nSPS) is 15.3. The standard InChI is InChI=1S/C17H18ClN3O2/c18-14-5-3-4-13(10-14)16-7-6-15(23-16)11-19-20-17(22)12-21-8-1-2-9-21/h3-7,10-11H,1-2,8-9,12H2,(H,20,22). The van der Waals surface area contributed by atoms with Crippen molar-refractivity contribution in [3.05, 3.63) is 47.2 Å². The van der Waals surface area contributed by atoms with Gasteiger partial charge in [0.25, 0.3) is 5.91 Å². The molecule has 3 rings (SSSR count). The molecule has 6 heteroatoms. The van der Waals surface area contributed by atoms with Crippen molar-refractivity contribution in [2.75, 3.05) is 19.6 Å². The van der Waals surface area contributed by atoms with Crippen molar-refractivity contribution in [1.29, 1.82) is 0 Å². The number of rotatable bonds is 5. The number of nitrogens with one attached hydrogen (secondary N) is 1. The van der Waals surface area contributed by atoms with Crippen molar-refractivity contribution in [2.24, 2.45) is 5.10 Å². The second kappa shape index (κ2) is 7.44. The quantitative estimate of drug-likeness (QED) is 0.676. The van der Waals surface area contributed by atoms with Crippen LogP contribution in [0, 0.1) is 0 Å². The first-order valence-electron chi connectivity index (χ1n) is 7.61. The summed E-state index contributed by atoms with van der Waals surface area (Å²) in [6.45, 7) is 2.36. The zero-order valence-electron chi connectivity index (χ0n) is 12.7. The Morgan fingerprint density at radius 1 is 1.30 bits per heavy atom. The van der Waals surface area contributed by atoms with E-state index in [1.54, 1.807) is 6.07 Å². The van der Waals surface area contributed by atoms with Gasteiger partial charge >= 0.3 is 0 Å². The van der Waals surface area contributed by atoms with E-state index in [0.717, 1.165) is 31.5 Å². The third-order valence-corrected chi connectivity index (χ3v) is 3.92. The van der Waals surface area contributed by atoms with Crippen LogP contribution in [0.4, 0.5) is 0 Å². The van der Waals surface area contributed by atoms with Gasteiger partial charge in [0, 0.05) is 10.6 Å². The van der Waals surface area contributed by atoms with Crippen LogP contribution in [-0.4, -0.2) is 36.7 Å². The van der Waals surface area contributed by atoms with Gasteiger partial charge in [-0.15, -0.1) is 0 Å². The Morgan fingerprint density at radius 2 is 2.13 bits per heavy atom. The fourth-order valence-corrected chi connectivity index (χ4v) is 2.76. The van der Waals surface area contributed by atoms with E-state index in [9.17, 15) is 4.79 Å². The number of halogens is 1. The minimum absolute atomic E-state index is 0.107. The van der Waals surface area contributed by atoms with Crippen LogP contribution >= 0.6 is 11.6 Å². The summed E-state index contributed by atoms with van der Waals surface area (Å²) in [6.07, 6.45) is 3.82. The molecular formula is C17H18ClN3O2. The molecule has 0 atom stereocenters. The fourth-order valence-electron chi connectivity index (χ4n) is 2.57. The third kappa shape index (κ3) is 4.43. The summed E-state index contributed by atoms with van der Waals surface area (Å²) in [5, 5.41) is 4.59. The van der Waals surface area contributed by atoms with Crippen LogP contribution in [0.3, 0.4) is 0 Å². The van der Waals surface area contributed by atoms with Gasteiger partial charge in [-0.25, -0.2) is 5.43 Å². The maximum absolute atomic E-state index is 11.7. The highest BCUT2D eigenvalue weighted by Gasteiger charge is 2.14. The number of carbonyl (C=O) groups excluding carboxylic acids is 1. The predicted octanol–water partition coefficient (Wildman–Crippen LogP) is 3.15. The van der Waals surface area contributed by atoms with Gasteiger partial charge in [0.2, 0.25) is 0 Å². The molecule has 0 radical (unpaired) electrons. The van der Waals surface area contributed by atoms with Crippen LogP contribution in [0.1, 0.15) is 18.6 Å². The van der Waals surface area contributed by atoms with Crippen LogP contribution < -0.4 is 5.43 Å². The Bertz CT molecular complexity index is 705. The van der Waals surface area contributed by atoms with Crippen molar-refractivity contribution >= 4 is 23.7 Å². The summed E-state index contributed by atoms with van der Waals surface area (Å²) in [5.41, 5.74) is 3.42. The highest BCUT2D eigenvalue weighted by molar-refractivity contribution is 6.30. The zero-order valence-corrected chi connectivity index (χ0v) is 13.4. The van der Waals surface area contributed by atoms with Crippen molar-refractivity contribution < 1.29 is 9.21 Å². The minimum atomic E-state index is -0.107. The molecule has 1 aromatic heterocycles. The molecule has 0 aliphatic carbocycles. The molecule has 5 nitrogen and oxygen atoms in total. The monoisotopic (exact) mass is 331 g/mol. The van der Waals surface area contributed by atoms with E-state index in [4.69, 9.17) is 16.0 Å². The first kappa shape index (κ1) is 15.8. The maximum atomic E-state index is 11.7. The van der Waals surface area contributed by atoms with Crippen molar-refractivity contribution in [3.63, 3.8) is 0 Å². The zero-order chi connectivity index (χ0) is 16.1. The summed E-state index contributed by atoms with van der Waals surface area (Å²) in [7, 11) is 0. The largest absolute Gasteiger partial charge is 0.455 e. The van der Waals surface area contributed by atoms with E-state index in [1.807, 2.05) is 30.3 Å². The molecule has 120 valence electrons. The summed E-state index contributed by atoms with van der Waals surface area (Å²) >= 11 is 5.97. The number of nitrogens with zero attached hydrogens (tertiary/aromatic N) is 2. The first-order chi connectivity index (χ1) is 11.2.